The highest BCUT2D eigenvalue weighted by Crippen LogP contribution is 2.42. The van der Waals surface area contributed by atoms with Crippen LogP contribution in [-0.2, 0) is 0 Å². The summed E-state index contributed by atoms with van der Waals surface area (Å²) in [6, 6.07) is 20.6. The monoisotopic (exact) mass is 398 g/mol. The molecule has 0 radical (unpaired) electrons. The van der Waals surface area contributed by atoms with Crippen LogP contribution in [0, 0.1) is 0 Å². The standard InChI is InChI=1S/C25H26N4O/c1-4-10-19(11-5-1)21-22-24(26-14-17-29-15-8-3-9-16-29)27-18-28-25(22)30-23(21)20-12-6-2-7-13-20/h1-2,4-7,10-13,18H,3,8-9,14-17H2,(H,26,27,28). The Hall–Kier alpha value is -3.18. The fourth-order valence-electron chi connectivity index (χ4n) is 4.26. The minimum atomic E-state index is 0.614. The topological polar surface area (TPSA) is 54.2 Å². The molecular weight excluding hydrogens is 372 g/mol. The third-order valence-corrected chi connectivity index (χ3v) is 5.76. The Labute approximate surface area is 176 Å². The van der Waals surface area contributed by atoms with Gasteiger partial charge in [-0.3, -0.25) is 0 Å². The number of anilines is 1. The lowest BCUT2D eigenvalue weighted by molar-refractivity contribution is 0.237. The van der Waals surface area contributed by atoms with E-state index in [4.69, 9.17) is 4.42 Å². The van der Waals surface area contributed by atoms with Gasteiger partial charge in [0.25, 0.3) is 0 Å². The second-order valence-corrected chi connectivity index (χ2v) is 7.77. The lowest BCUT2D eigenvalue weighted by Crippen LogP contribution is -2.33. The average molecular weight is 399 g/mol. The molecule has 152 valence electrons. The van der Waals surface area contributed by atoms with Crippen molar-refractivity contribution in [3.63, 3.8) is 0 Å². The van der Waals surface area contributed by atoms with Crippen LogP contribution in [0.25, 0.3) is 33.6 Å². The molecule has 1 fully saturated rings. The minimum absolute atomic E-state index is 0.614. The van der Waals surface area contributed by atoms with Crippen LogP contribution in [0.2, 0.25) is 0 Å². The third kappa shape index (κ3) is 3.81. The molecule has 5 heteroatoms. The summed E-state index contributed by atoms with van der Waals surface area (Å²) >= 11 is 0. The number of nitrogens with zero attached hydrogens (tertiary/aromatic N) is 3. The van der Waals surface area contributed by atoms with E-state index >= 15 is 0 Å². The molecule has 1 aliphatic heterocycles. The summed E-state index contributed by atoms with van der Waals surface area (Å²) in [6.45, 7) is 4.27. The Morgan fingerprint density at radius 2 is 1.53 bits per heavy atom. The van der Waals surface area contributed by atoms with Crippen molar-refractivity contribution in [1.29, 1.82) is 0 Å². The maximum Gasteiger partial charge on any atom is 0.232 e. The summed E-state index contributed by atoms with van der Waals surface area (Å²) in [5.74, 6) is 1.66. The van der Waals surface area contributed by atoms with Gasteiger partial charge in [-0.2, -0.15) is 0 Å². The van der Waals surface area contributed by atoms with Crippen molar-refractivity contribution in [3.8, 4) is 22.5 Å². The van der Waals surface area contributed by atoms with Crippen LogP contribution >= 0.6 is 0 Å². The van der Waals surface area contributed by atoms with Gasteiger partial charge in [0.15, 0.2) is 0 Å². The number of aromatic nitrogens is 2. The van der Waals surface area contributed by atoms with E-state index in [1.165, 1.54) is 32.4 Å². The second-order valence-electron chi connectivity index (χ2n) is 7.77. The molecule has 2 aromatic carbocycles. The van der Waals surface area contributed by atoms with Gasteiger partial charge in [0, 0.05) is 24.2 Å². The molecule has 1 aliphatic rings. The molecular formula is C25H26N4O. The molecule has 1 saturated heterocycles. The van der Waals surface area contributed by atoms with Gasteiger partial charge in [0.1, 0.15) is 17.9 Å². The molecule has 0 spiro atoms. The highest BCUT2D eigenvalue weighted by molar-refractivity contribution is 6.05. The molecule has 0 unspecified atom stereocenters. The molecule has 4 aromatic rings. The molecule has 0 bridgehead atoms. The van der Waals surface area contributed by atoms with Gasteiger partial charge in [0.2, 0.25) is 5.71 Å². The van der Waals surface area contributed by atoms with Crippen LogP contribution in [0.1, 0.15) is 19.3 Å². The second kappa shape index (κ2) is 8.67. The van der Waals surface area contributed by atoms with E-state index in [9.17, 15) is 0 Å². The molecule has 0 saturated carbocycles. The van der Waals surface area contributed by atoms with E-state index in [2.05, 4.69) is 56.6 Å². The fraction of sp³-hybridized carbons (Fsp3) is 0.280. The number of likely N-dealkylation sites (tertiary alicyclic amines) is 1. The Morgan fingerprint density at radius 3 is 2.27 bits per heavy atom. The van der Waals surface area contributed by atoms with Gasteiger partial charge in [-0.15, -0.1) is 0 Å². The summed E-state index contributed by atoms with van der Waals surface area (Å²) < 4.78 is 6.28. The van der Waals surface area contributed by atoms with Gasteiger partial charge >= 0.3 is 0 Å². The van der Waals surface area contributed by atoms with Gasteiger partial charge in [-0.1, -0.05) is 67.1 Å². The Balaban J connectivity index is 1.54. The highest BCUT2D eigenvalue weighted by Gasteiger charge is 2.22. The zero-order valence-electron chi connectivity index (χ0n) is 17.1. The van der Waals surface area contributed by atoms with Gasteiger partial charge in [-0.25, -0.2) is 9.97 Å². The number of hydrogen-bond acceptors (Lipinski definition) is 5. The number of piperidine rings is 1. The van der Waals surface area contributed by atoms with Crippen LogP contribution in [0.4, 0.5) is 5.82 Å². The molecule has 1 N–H and O–H groups in total. The average Bonchev–Trinajstić information content (AvgIpc) is 3.21. The van der Waals surface area contributed by atoms with Gasteiger partial charge < -0.3 is 14.6 Å². The van der Waals surface area contributed by atoms with E-state index in [1.807, 2.05) is 24.3 Å². The summed E-state index contributed by atoms with van der Waals surface area (Å²) in [6.07, 6.45) is 5.54. The Bertz CT molecular complexity index is 1100. The normalized spacial score (nSPS) is 14.8. The fourth-order valence-corrected chi connectivity index (χ4v) is 4.26. The van der Waals surface area contributed by atoms with Crippen LogP contribution < -0.4 is 5.32 Å². The zero-order valence-corrected chi connectivity index (χ0v) is 17.1. The van der Waals surface area contributed by atoms with E-state index in [-0.39, 0.29) is 0 Å². The lowest BCUT2D eigenvalue weighted by atomic mass is 9.99. The lowest BCUT2D eigenvalue weighted by Gasteiger charge is -2.26. The number of rotatable bonds is 6. The number of furan rings is 1. The largest absolute Gasteiger partial charge is 0.437 e. The molecule has 30 heavy (non-hydrogen) atoms. The van der Waals surface area contributed by atoms with E-state index in [0.717, 1.165) is 46.7 Å². The van der Waals surface area contributed by atoms with Crippen molar-refractivity contribution >= 4 is 16.9 Å². The van der Waals surface area contributed by atoms with Crippen molar-refractivity contribution in [3.05, 3.63) is 67.0 Å². The van der Waals surface area contributed by atoms with Crippen LogP contribution in [0.3, 0.4) is 0 Å². The van der Waals surface area contributed by atoms with Crippen molar-refractivity contribution in [2.45, 2.75) is 19.3 Å². The number of benzene rings is 2. The smallest absolute Gasteiger partial charge is 0.232 e. The van der Waals surface area contributed by atoms with E-state index in [1.54, 1.807) is 6.33 Å². The third-order valence-electron chi connectivity index (χ3n) is 5.76. The molecule has 5 rings (SSSR count). The van der Waals surface area contributed by atoms with Gasteiger partial charge in [-0.05, 0) is 31.5 Å². The first-order chi connectivity index (χ1) is 14.9. The SMILES string of the molecule is c1ccc(-c2oc3ncnc(NCCN4CCCCC4)c3c2-c2ccccc2)cc1. The quantitative estimate of drug-likeness (QED) is 0.468. The number of fused-ring (bicyclic) bond motifs is 1. The van der Waals surface area contributed by atoms with Crippen LogP contribution in [0.5, 0.6) is 0 Å². The predicted molar refractivity (Wildman–Crippen MR) is 121 cm³/mol. The summed E-state index contributed by atoms with van der Waals surface area (Å²) in [5, 5.41) is 4.50. The molecule has 0 aliphatic carbocycles. The molecule has 5 nitrogen and oxygen atoms in total. The molecule has 0 amide bonds. The first kappa shape index (κ1) is 18.8. The maximum atomic E-state index is 6.28. The summed E-state index contributed by atoms with van der Waals surface area (Å²) in [4.78, 5) is 11.6. The summed E-state index contributed by atoms with van der Waals surface area (Å²) in [5.41, 5.74) is 3.79. The van der Waals surface area contributed by atoms with Crippen LogP contribution in [-0.4, -0.2) is 41.0 Å². The maximum absolute atomic E-state index is 6.28. The van der Waals surface area contributed by atoms with Crippen molar-refractivity contribution < 1.29 is 4.42 Å². The number of nitrogens with one attached hydrogen (secondary N) is 1. The Kier molecular flexibility index (Phi) is 5.44. The first-order valence-electron chi connectivity index (χ1n) is 10.7. The zero-order chi connectivity index (χ0) is 20.2. The number of hydrogen-bond donors (Lipinski definition) is 1. The van der Waals surface area contributed by atoms with Crippen LogP contribution in [0.15, 0.2) is 71.4 Å². The van der Waals surface area contributed by atoms with E-state index in [0.29, 0.717) is 5.71 Å². The first-order valence-corrected chi connectivity index (χ1v) is 10.7. The molecule has 0 atom stereocenters. The predicted octanol–water partition coefficient (Wildman–Crippen LogP) is 5.45. The highest BCUT2D eigenvalue weighted by atomic mass is 16.3. The van der Waals surface area contributed by atoms with Crippen molar-refractivity contribution in [1.82, 2.24) is 14.9 Å². The van der Waals surface area contributed by atoms with Crippen molar-refractivity contribution in [2.75, 3.05) is 31.5 Å². The summed E-state index contributed by atoms with van der Waals surface area (Å²) in [7, 11) is 0. The van der Waals surface area contributed by atoms with Gasteiger partial charge in [0.05, 0.1) is 5.39 Å². The minimum Gasteiger partial charge on any atom is -0.437 e. The van der Waals surface area contributed by atoms with E-state index < -0.39 is 0 Å². The van der Waals surface area contributed by atoms with Crippen molar-refractivity contribution in [2.24, 2.45) is 0 Å². The molecule has 3 heterocycles. The molecule has 2 aromatic heterocycles. The Morgan fingerprint density at radius 1 is 0.833 bits per heavy atom.